The highest BCUT2D eigenvalue weighted by atomic mass is 16.2. The molecule has 2 atom stereocenters. The van der Waals surface area contributed by atoms with Crippen molar-refractivity contribution in [2.75, 3.05) is 0 Å². The molecule has 0 saturated heterocycles. The van der Waals surface area contributed by atoms with Gasteiger partial charge in [-0.2, -0.15) is 10.2 Å². The van der Waals surface area contributed by atoms with Crippen molar-refractivity contribution in [2.24, 2.45) is 16.9 Å². The summed E-state index contributed by atoms with van der Waals surface area (Å²) >= 11 is 0. The maximum atomic E-state index is 11.3. The van der Waals surface area contributed by atoms with Crippen LogP contribution in [0.4, 0.5) is 0 Å². The molecule has 1 aromatic rings. The van der Waals surface area contributed by atoms with Gasteiger partial charge in [0.25, 0.3) is 0 Å². The third-order valence-corrected chi connectivity index (χ3v) is 3.19. The van der Waals surface area contributed by atoms with E-state index in [1.165, 1.54) is 0 Å². The van der Waals surface area contributed by atoms with Crippen LogP contribution in [-0.4, -0.2) is 21.4 Å². The molecule has 0 spiro atoms. The summed E-state index contributed by atoms with van der Waals surface area (Å²) in [6.07, 6.45) is 4.75. The smallest absolute Gasteiger partial charge is 0.243 e. The van der Waals surface area contributed by atoms with Gasteiger partial charge in [0.1, 0.15) is 0 Å². The highest BCUT2D eigenvalue weighted by Gasteiger charge is 2.49. The molecule has 0 bridgehead atoms. The van der Waals surface area contributed by atoms with Crippen molar-refractivity contribution in [1.29, 1.82) is 0 Å². The van der Waals surface area contributed by atoms with Gasteiger partial charge in [0, 0.05) is 29.6 Å². The maximum absolute atomic E-state index is 11.3. The van der Waals surface area contributed by atoms with Gasteiger partial charge in [-0.3, -0.25) is 9.48 Å². The van der Waals surface area contributed by atoms with Crippen molar-refractivity contribution in [3.63, 3.8) is 0 Å². The van der Waals surface area contributed by atoms with Crippen molar-refractivity contribution in [1.82, 2.24) is 15.2 Å². The minimum atomic E-state index is 0.0602. The summed E-state index contributed by atoms with van der Waals surface area (Å²) in [5, 5.41) is 8.43. The quantitative estimate of drug-likeness (QED) is 0.802. The van der Waals surface area contributed by atoms with Crippen molar-refractivity contribution >= 4 is 11.6 Å². The van der Waals surface area contributed by atoms with Gasteiger partial charge >= 0.3 is 0 Å². The minimum absolute atomic E-state index is 0.0602. The second kappa shape index (κ2) is 3.17. The number of aromatic nitrogens is 2. The van der Waals surface area contributed by atoms with E-state index in [-0.39, 0.29) is 11.8 Å². The van der Waals surface area contributed by atoms with Crippen LogP contribution in [0.1, 0.15) is 31.9 Å². The summed E-state index contributed by atoms with van der Waals surface area (Å²) in [7, 11) is 0. The van der Waals surface area contributed by atoms with E-state index < -0.39 is 0 Å². The van der Waals surface area contributed by atoms with Gasteiger partial charge in [-0.1, -0.05) is 0 Å². The molecule has 0 aromatic carbocycles. The zero-order chi connectivity index (χ0) is 11.3. The summed E-state index contributed by atoms with van der Waals surface area (Å²) in [5.41, 5.74) is 4.58. The Labute approximate surface area is 93.5 Å². The number of hydrazone groups is 1. The Kier molecular flexibility index (Phi) is 1.89. The highest BCUT2D eigenvalue weighted by molar-refractivity contribution is 6.09. The van der Waals surface area contributed by atoms with E-state index in [0.29, 0.717) is 12.0 Å². The van der Waals surface area contributed by atoms with E-state index >= 15 is 0 Å². The Morgan fingerprint density at radius 3 is 3.00 bits per heavy atom. The van der Waals surface area contributed by atoms with Crippen molar-refractivity contribution < 1.29 is 4.79 Å². The second-order valence-corrected chi connectivity index (χ2v) is 4.72. The van der Waals surface area contributed by atoms with Crippen LogP contribution in [0.5, 0.6) is 0 Å². The second-order valence-electron chi connectivity index (χ2n) is 4.72. The molecule has 1 aliphatic heterocycles. The third-order valence-electron chi connectivity index (χ3n) is 3.19. The molecule has 1 aromatic heterocycles. The van der Waals surface area contributed by atoms with Crippen LogP contribution in [0.2, 0.25) is 0 Å². The van der Waals surface area contributed by atoms with Crippen LogP contribution >= 0.6 is 0 Å². The van der Waals surface area contributed by atoms with Crippen molar-refractivity contribution in [3.8, 4) is 0 Å². The highest BCUT2D eigenvalue weighted by Crippen LogP contribution is 2.43. The van der Waals surface area contributed by atoms with E-state index in [9.17, 15) is 4.79 Å². The number of hydrogen-bond donors (Lipinski definition) is 1. The summed E-state index contributed by atoms with van der Waals surface area (Å²) in [4.78, 5) is 11.3. The Morgan fingerprint density at radius 2 is 2.31 bits per heavy atom. The topological polar surface area (TPSA) is 59.3 Å². The fraction of sp³-hybridized carbons (Fsp3) is 0.545. The summed E-state index contributed by atoms with van der Waals surface area (Å²) < 4.78 is 1.91. The number of fused-ring (bicyclic) bond motifs is 1. The Balaban J connectivity index is 1.90. The molecule has 1 saturated carbocycles. The molecule has 16 heavy (non-hydrogen) atoms. The largest absolute Gasteiger partial charge is 0.273 e. The molecule has 5 nitrogen and oxygen atoms in total. The monoisotopic (exact) mass is 218 g/mol. The number of hydrogen-bond acceptors (Lipinski definition) is 3. The first-order valence-corrected chi connectivity index (χ1v) is 5.59. The van der Waals surface area contributed by atoms with Gasteiger partial charge in [0.05, 0.1) is 11.9 Å². The van der Waals surface area contributed by atoms with Gasteiger partial charge in [0.15, 0.2) is 0 Å². The molecule has 1 amide bonds. The Bertz CT molecular complexity index is 474. The molecule has 2 heterocycles. The summed E-state index contributed by atoms with van der Waals surface area (Å²) in [6.45, 7) is 4.17. The molecule has 5 heteroatoms. The SMILES string of the molecule is CC(C)n1cc(C2=NNC(=O)[C@@H]3C[C@@H]23)cn1. The van der Waals surface area contributed by atoms with Crippen LogP contribution in [0.3, 0.4) is 0 Å². The number of nitrogens with zero attached hydrogens (tertiary/aromatic N) is 3. The van der Waals surface area contributed by atoms with Gasteiger partial charge in [0.2, 0.25) is 5.91 Å². The van der Waals surface area contributed by atoms with E-state index in [1.54, 1.807) is 0 Å². The van der Waals surface area contributed by atoms with Gasteiger partial charge in [-0.05, 0) is 20.3 Å². The zero-order valence-corrected chi connectivity index (χ0v) is 9.34. The normalized spacial score (nSPS) is 27.4. The van der Waals surface area contributed by atoms with E-state index in [2.05, 4.69) is 29.5 Å². The molecule has 0 radical (unpaired) electrons. The van der Waals surface area contributed by atoms with Crippen LogP contribution in [-0.2, 0) is 4.79 Å². The first-order chi connectivity index (χ1) is 7.66. The fourth-order valence-electron chi connectivity index (χ4n) is 2.10. The number of carbonyl (C=O) groups excluding carboxylic acids is 1. The molecule has 2 aliphatic rings. The molecule has 1 aliphatic carbocycles. The Hall–Kier alpha value is -1.65. The third kappa shape index (κ3) is 1.35. The molecule has 1 fully saturated rings. The lowest BCUT2D eigenvalue weighted by atomic mass is 10.1. The molecule has 1 N–H and O–H groups in total. The number of rotatable bonds is 2. The molecule has 3 rings (SSSR count). The molecule has 84 valence electrons. The van der Waals surface area contributed by atoms with E-state index in [0.717, 1.165) is 17.7 Å². The molecular formula is C11H14N4O. The predicted octanol–water partition coefficient (Wildman–Crippen LogP) is 0.934. The Morgan fingerprint density at radius 1 is 1.50 bits per heavy atom. The van der Waals surface area contributed by atoms with Gasteiger partial charge in [-0.25, -0.2) is 5.43 Å². The minimum Gasteiger partial charge on any atom is -0.273 e. The lowest BCUT2D eigenvalue weighted by Crippen LogP contribution is -2.28. The first kappa shape index (κ1) is 9.57. The lowest BCUT2D eigenvalue weighted by Gasteiger charge is -2.09. The predicted molar refractivity (Wildman–Crippen MR) is 58.9 cm³/mol. The van der Waals surface area contributed by atoms with Crippen LogP contribution in [0, 0.1) is 11.8 Å². The molecule has 0 unspecified atom stereocenters. The lowest BCUT2D eigenvalue weighted by molar-refractivity contribution is -0.122. The standard InChI is InChI=1S/C11H14N4O/c1-6(2)15-5-7(4-12-15)10-8-3-9(8)11(16)14-13-10/h4-6,8-9H,3H2,1-2H3,(H,14,16)/t8-,9-/m1/s1. The maximum Gasteiger partial charge on any atom is 0.243 e. The zero-order valence-electron chi connectivity index (χ0n) is 9.34. The van der Waals surface area contributed by atoms with Crippen LogP contribution < -0.4 is 5.43 Å². The van der Waals surface area contributed by atoms with Crippen LogP contribution in [0.25, 0.3) is 0 Å². The number of amides is 1. The average molecular weight is 218 g/mol. The van der Waals surface area contributed by atoms with E-state index in [4.69, 9.17) is 0 Å². The number of carbonyl (C=O) groups is 1. The number of nitrogens with one attached hydrogen (secondary N) is 1. The van der Waals surface area contributed by atoms with Crippen molar-refractivity contribution in [2.45, 2.75) is 26.3 Å². The van der Waals surface area contributed by atoms with Crippen LogP contribution in [0.15, 0.2) is 17.5 Å². The van der Waals surface area contributed by atoms with Crippen molar-refractivity contribution in [3.05, 3.63) is 18.0 Å². The first-order valence-electron chi connectivity index (χ1n) is 5.59. The van der Waals surface area contributed by atoms with E-state index in [1.807, 2.05) is 17.1 Å². The molecular weight excluding hydrogens is 204 g/mol. The average Bonchev–Trinajstić information content (AvgIpc) is 2.89. The summed E-state index contributed by atoms with van der Waals surface area (Å²) in [5.74, 6) is 0.526. The van der Waals surface area contributed by atoms with Gasteiger partial charge in [-0.15, -0.1) is 0 Å². The van der Waals surface area contributed by atoms with Gasteiger partial charge < -0.3 is 0 Å². The fourth-order valence-corrected chi connectivity index (χ4v) is 2.10. The summed E-state index contributed by atoms with van der Waals surface area (Å²) in [6, 6.07) is 0.350.